The molecular formula is C17H16Cl2N2. The van der Waals surface area contributed by atoms with Crippen LogP contribution in [-0.4, -0.2) is 31.2 Å². The molecule has 0 aromatic heterocycles. The second kappa shape index (κ2) is 6.08. The second-order valence-corrected chi connectivity index (χ2v) is 6.25. The average molecular weight is 319 g/mol. The highest BCUT2D eigenvalue weighted by molar-refractivity contribution is 6.31. The maximum absolute atomic E-state index is 6.36. The minimum Gasteiger partial charge on any atom is -0.372 e. The van der Waals surface area contributed by atoms with Crippen LogP contribution >= 0.6 is 23.2 Å². The van der Waals surface area contributed by atoms with Gasteiger partial charge in [-0.2, -0.15) is 0 Å². The van der Waals surface area contributed by atoms with Gasteiger partial charge in [-0.1, -0.05) is 41.9 Å². The van der Waals surface area contributed by atoms with Gasteiger partial charge in [-0.15, -0.1) is 11.6 Å². The number of hydrogen-bond donors (Lipinski definition) is 0. The first kappa shape index (κ1) is 14.4. The normalized spacial score (nSPS) is 18.5. The molecule has 21 heavy (non-hydrogen) atoms. The first-order chi connectivity index (χ1) is 10.1. The molecule has 3 rings (SSSR count). The van der Waals surface area contributed by atoms with Crippen molar-refractivity contribution < 1.29 is 0 Å². The number of fused-ring (bicyclic) bond motifs is 1. The van der Waals surface area contributed by atoms with E-state index in [-0.39, 0.29) is 5.38 Å². The molecule has 0 N–H and O–H groups in total. The Morgan fingerprint density at radius 2 is 1.90 bits per heavy atom. The molecule has 0 saturated heterocycles. The van der Waals surface area contributed by atoms with Crippen LogP contribution in [0.25, 0.3) is 0 Å². The van der Waals surface area contributed by atoms with Gasteiger partial charge < -0.3 is 4.90 Å². The Labute approximate surface area is 135 Å². The van der Waals surface area contributed by atoms with Crippen molar-refractivity contribution >= 4 is 34.6 Å². The highest BCUT2D eigenvalue weighted by Gasteiger charge is 2.20. The number of aliphatic imine (C=N–C) groups is 1. The minimum atomic E-state index is -0.00228. The SMILES string of the molecule is CN1CC(Cl)CN=C(c2ccccc2)c2cc(Cl)ccc21. The van der Waals surface area contributed by atoms with Crippen LogP contribution in [0, 0.1) is 0 Å². The third-order valence-electron chi connectivity index (χ3n) is 3.59. The average Bonchev–Trinajstić information content (AvgIpc) is 2.47. The molecule has 0 amide bonds. The third kappa shape index (κ3) is 3.07. The maximum atomic E-state index is 6.36. The number of alkyl halides is 1. The van der Waals surface area contributed by atoms with Gasteiger partial charge in [0, 0.05) is 35.4 Å². The predicted molar refractivity (Wildman–Crippen MR) is 91.3 cm³/mol. The summed E-state index contributed by atoms with van der Waals surface area (Å²) in [6, 6.07) is 16.1. The van der Waals surface area contributed by atoms with Crippen molar-refractivity contribution in [3.63, 3.8) is 0 Å². The molecule has 0 saturated carbocycles. The number of anilines is 1. The summed E-state index contributed by atoms with van der Waals surface area (Å²) in [4.78, 5) is 6.92. The number of nitrogens with zero attached hydrogens (tertiary/aromatic N) is 2. The Morgan fingerprint density at radius 3 is 2.67 bits per heavy atom. The zero-order chi connectivity index (χ0) is 14.8. The molecular weight excluding hydrogens is 303 g/mol. The maximum Gasteiger partial charge on any atom is 0.0740 e. The topological polar surface area (TPSA) is 15.6 Å². The van der Waals surface area contributed by atoms with Gasteiger partial charge in [0.15, 0.2) is 0 Å². The summed E-state index contributed by atoms with van der Waals surface area (Å²) < 4.78 is 0. The van der Waals surface area contributed by atoms with Gasteiger partial charge in [-0.25, -0.2) is 0 Å². The largest absolute Gasteiger partial charge is 0.372 e. The molecule has 2 nitrogen and oxygen atoms in total. The standard InChI is InChI=1S/C17H16Cl2N2/c1-21-11-14(19)10-20-17(12-5-3-2-4-6-12)15-9-13(18)7-8-16(15)21/h2-9,14H,10-11H2,1H3. The van der Waals surface area contributed by atoms with Crippen molar-refractivity contribution in [2.75, 3.05) is 25.0 Å². The molecule has 2 aromatic carbocycles. The van der Waals surface area contributed by atoms with Gasteiger partial charge in [0.25, 0.3) is 0 Å². The van der Waals surface area contributed by atoms with E-state index < -0.39 is 0 Å². The summed E-state index contributed by atoms with van der Waals surface area (Å²) in [6.45, 7) is 1.36. The summed E-state index contributed by atoms with van der Waals surface area (Å²) in [7, 11) is 2.05. The summed E-state index contributed by atoms with van der Waals surface area (Å²) in [6.07, 6.45) is 0. The van der Waals surface area contributed by atoms with E-state index in [9.17, 15) is 0 Å². The van der Waals surface area contributed by atoms with Crippen molar-refractivity contribution in [1.82, 2.24) is 0 Å². The molecule has 1 aliphatic rings. The highest BCUT2D eigenvalue weighted by atomic mass is 35.5. The lowest BCUT2D eigenvalue weighted by molar-refractivity contribution is 0.798. The van der Waals surface area contributed by atoms with Crippen LogP contribution in [-0.2, 0) is 0 Å². The molecule has 4 heteroatoms. The first-order valence-electron chi connectivity index (χ1n) is 6.90. The van der Waals surface area contributed by atoms with Crippen molar-refractivity contribution in [2.45, 2.75) is 5.38 Å². The fourth-order valence-corrected chi connectivity index (χ4v) is 3.05. The number of rotatable bonds is 1. The fourth-order valence-electron chi connectivity index (χ4n) is 2.60. The number of hydrogen-bond acceptors (Lipinski definition) is 2. The third-order valence-corrected chi connectivity index (χ3v) is 4.10. The number of benzene rings is 2. The summed E-state index contributed by atoms with van der Waals surface area (Å²) in [5, 5.41) is 0.714. The Bertz CT molecular complexity index is 668. The van der Waals surface area contributed by atoms with Crippen LogP contribution in [0.1, 0.15) is 11.1 Å². The highest BCUT2D eigenvalue weighted by Crippen LogP contribution is 2.28. The second-order valence-electron chi connectivity index (χ2n) is 5.19. The summed E-state index contributed by atoms with van der Waals surface area (Å²) >= 11 is 12.6. The lowest BCUT2D eigenvalue weighted by Gasteiger charge is -2.27. The zero-order valence-corrected chi connectivity index (χ0v) is 13.3. The monoisotopic (exact) mass is 318 g/mol. The van der Waals surface area contributed by atoms with Crippen LogP contribution in [0.3, 0.4) is 0 Å². The molecule has 0 fully saturated rings. The molecule has 0 spiro atoms. The molecule has 1 aliphatic heterocycles. The lowest BCUT2D eigenvalue weighted by atomic mass is 9.99. The van der Waals surface area contributed by atoms with E-state index in [0.29, 0.717) is 11.6 Å². The van der Waals surface area contributed by atoms with E-state index in [4.69, 9.17) is 28.2 Å². The van der Waals surface area contributed by atoms with E-state index in [0.717, 1.165) is 29.1 Å². The van der Waals surface area contributed by atoms with Crippen molar-refractivity contribution in [3.05, 3.63) is 64.7 Å². The van der Waals surface area contributed by atoms with E-state index in [1.807, 2.05) is 36.4 Å². The Kier molecular flexibility index (Phi) is 4.18. The molecule has 0 bridgehead atoms. The van der Waals surface area contributed by atoms with Crippen LogP contribution in [0.5, 0.6) is 0 Å². The van der Waals surface area contributed by atoms with Gasteiger partial charge in [-0.3, -0.25) is 4.99 Å². The van der Waals surface area contributed by atoms with Crippen LogP contribution in [0.4, 0.5) is 5.69 Å². The molecule has 2 aromatic rings. The lowest BCUT2D eigenvalue weighted by Crippen LogP contribution is -2.31. The molecule has 1 heterocycles. The molecule has 0 radical (unpaired) electrons. The van der Waals surface area contributed by atoms with Crippen LogP contribution < -0.4 is 4.90 Å². The fraction of sp³-hybridized carbons (Fsp3) is 0.235. The minimum absolute atomic E-state index is 0.00228. The van der Waals surface area contributed by atoms with Gasteiger partial charge in [-0.05, 0) is 18.2 Å². The Morgan fingerprint density at radius 1 is 1.14 bits per heavy atom. The molecule has 0 aliphatic carbocycles. The van der Waals surface area contributed by atoms with Crippen molar-refractivity contribution in [2.24, 2.45) is 4.99 Å². The van der Waals surface area contributed by atoms with Crippen molar-refractivity contribution in [1.29, 1.82) is 0 Å². The van der Waals surface area contributed by atoms with Gasteiger partial charge >= 0.3 is 0 Å². The van der Waals surface area contributed by atoms with Gasteiger partial charge in [0.05, 0.1) is 17.6 Å². The van der Waals surface area contributed by atoms with Crippen LogP contribution in [0.2, 0.25) is 5.02 Å². The smallest absolute Gasteiger partial charge is 0.0740 e. The van der Waals surface area contributed by atoms with Crippen LogP contribution in [0.15, 0.2) is 53.5 Å². The molecule has 1 unspecified atom stereocenters. The Balaban J connectivity index is 2.19. The predicted octanol–water partition coefficient (Wildman–Crippen LogP) is 4.23. The summed E-state index contributed by atoms with van der Waals surface area (Å²) in [5.41, 5.74) is 4.19. The summed E-state index contributed by atoms with van der Waals surface area (Å²) in [5.74, 6) is 0. The number of halogens is 2. The van der Waals surface area contributed by atoms with E-state index in [2.05, 4.69) is 24.1 Å². The molecule has 1 atom stereocenters. The van der Waals surface area contributed by atoms with E-state index in [1.54, 1.807) is 0 Å². The van der Waals surface area contributed by atoms with Crippen molar-refractivity contribution in [3.8, 4) is 0 Å². The van der Waals surface area contributed by atoms with Gasteiger partial charge in [0.1, 0.15) is 0 Å². The Hall–Kier alpha value is -1.51. The van der Waals surface area contributed by atoms with Gasteiger partial charge in [0.2, 0.25) is 0 Å². The van der Waals surface area contributed by atoms with E-state index in [1.165, 1.54) is 0 Å². The molecule has 108 valence electrons. The first-order valence-corrected chi connectivity index (χ1v) is 7.71. The quantitative estimate of drug-likeness (QED) is 0.718. The zero-order valence-electron chi connectivity index (χ0n) is 11.8. The van der Waals surface area contributed by atoms with E-state index >= 15 is 0 Å².